The molecule has 5 heteroatoms. The van der Waals surface area contributed by atoms with Crippen LogP contribution in [-0.4, -0.2) is 33.8 Å². The predicted molar refractivity (Wildman–Crippen MR) is 65.0 cm³/mol. The zero-order chi connectivity index (χ0) is 13.5. The second kappa shape index (κ2) is 8.51. The van der Waals surface area contributed by atoms with Crippen LogP contribution in [-0.2, 0) is 14.4 Å². The molecule has 0 spiro atoms. The van der Waals surface area contributed by atoms with Gasteiger partial charge in [-0.2, -0.15) is 0 Å². The van der Waals surface area contributed by atoms with Crippen molar-refractivity contribution < 1.29 is 33.7 Å². The summed E-state index contributed by atoms with van der Waals surface area (Å²) in [5.41, 5.74) is 0. The van der Waals surface area contributed by atoms with Crippen molar-refractivity contribution in [2.75, 3.05) is 0 Å². The van der Waals surface area contributed by atoms with Crippen molar-refractivity contribution in [1.29, 1.82) is 0 Å². The molecule has 0 aromatic carbocycles. The maximum absolute atomic E-state index is 10.6. The molecule has 0 aliphatic heterocycles. The van der Waals surface area contributed by atoms with Gasteiger partial charge < -0.3 is 0 Å². The first kappa shape index (κ1) is 17.4. The van der Waals surface area contributed by atoms with Crippen LogP contribution < -0.4 is 0 Å². The summed E-state index contributed by atoms with van der Waals surface area (Å²) in [6, 6.07) is 0. The third kappa shape index (κ3) is 4.54. The van der Waals surface area contributed by atoms with Gasteiger partial charge in [0.25, 0.3) is 0 Å². The standard InChI is InChI=1S/3C4H9O.H2O.V/c3*1-2-3-4-5;;/h3*4-5H,2-3H2,1H3;1H2;/q;;;;+1/p-1. The minimum atomic E-state index is -3.85. The van der Waals surface area contributed by atoms with E-state index >= 15 is 0 Å². The van der Waals surface area contributed by atoms with Crippen molar-refractivity contribution in [2.45, 2.75) is 73.7 Å². The number of aliphatic hydroxyl groups is 3. The molecule has 0 aliphatic rings. The van der Waals surface area contributed by atoms with Crippen molar-refractivity contribution in [3.05, 3.63) is 0 Å². The van der Waals surface area contributed by atoms with Crippen molar-refractivity contribution in [3.63, 3.8) is 0 Å². The Morgan fingerprint density at radius 1 is 0.706 bits per heavy atom. The van der Waals surface area contributed by atoms with E-state index in [0.717, 1.165) is 19.3 Å². The molecule has 0 fully saturated rings. The first-order valence-corrected chi connectivity index (χ1v) is 9.64. The van der Waals surface area contributed by atoms with Crippen LogP contribution in [0, 0.1) is 0 Å². The number of hydrogen-bond donors (Lipinski definition) is 4. The van der Waals surface area contributed by atoms with Crippen LogP contribution in [0.2, 0.25) is 0 Å². The van der Waals surface area contributed by atoms with Crippen LogP contribution in [0.4, 0.5) is 0 Å². The van der Waals surface area contributed by atoms with Crippen molar-refractivity contribution in [2.24, 2.45) is 0 Å². The van der Waals surface area contributed by atoms with E-state index in [1.807, 2.05) is 20.8 Å². The van der Waals surface area contributed by atoms with E-state index in [1.165, 1.54) is 0 Å². The molecule has 0 aliphatic carbocycles. The number of aliphatic hydroxyl groups excluding tert-OH is 3. The summed E-state index contributed by atoms with van der Waals surface area (Å²) in [4.78, 5) is -2.75. The van der Waals surface area contributed by atoms with Crippen LogP contribution in [0.1, 0.15) is 59.3 Å². The predicted octanol–water partition coefficient (Wildman–Crippen LogP) is 1.40. The van der Waals surface area contributed by atoms with Crippen molar-refractivity contribution >= 4 is 0 Å². The summed E-state index contributed by atoms with van der Waals surface area (Å²) < 4.78 is 10.6. The Balaban J connectivity index is 4.90. The molecule has 0 radical (unpaired) electrons. The van der Waals surface area contributed by atoms with Gasteiger partial charge in [-0.05, 0) is 0 Å². The molecule has 0 amide bonds. The normalized spacial score (nSPS) is 20.6. The second-order valence-corrected chi connectivity index (χ2v) is 9.87. The zero-order valence-corrected chi connectivity index (χ0v) is 12.6. The van der Waals surface area contributed by atoms with Crippen LogP contribution in [0.25, 0.3) is 0 Å². The molecule has 0 aromatic rings. The molecule has 17 heavy (non-hydrogen) atoms. The molecule has 0 saturated heterocycles. The fourth-order valence-electron chi connectivity index (χ4n) is 1.99. The van der Waals surface area contributed by atoms with E-state index < -0.39 is 28.8 Å². The molecule has 3 atom stereocenters. The third-order valence-corrected chi connectivity index (χ3v) is 8.76. The average molecular weight is 287 g/mol. The Morgan fingerprint density at radius 2 is 0.941 bits per heavy atom. The van der Waals surface area contributed by atoms with Gasteiger partial charge in [-0.3, -0.25) is 0 Å². The van der Waals surface area contributed by atoms with E-state index in [0.29, 0.717) is 19.3 Å². The summed E-state index contributed by atoms with van der Waals surface area (Å²) in [6.07, 6.45) is 3.56. The number of hydrogen-bond acceptors (Lipinski definition) is 4. The average Bonchev–Trinajstić information content (AvgIpc) is 2.28. The van der Waals surface area contributed by atoms with E-state index in [2.05, 4.69) is 0 Å². The van der Waals surface area contributed by atoms with E-state index in [9.17, 15) is 19.4 Å². The quantitative estimate of drug-likeness (QED) is 0.517. The molecular formula is C12H28O4V. The Hall–Kier alpha value is 0.424. The molecule has 4 nitrogen and oxygen atoms in total. The van der Waals surface area contributed by atoms with Gasteiger partial charge in [-0.1, -0.05) is 0 Å². The molecule has 0 saturated carbocycles. The summed E-state index contributed by atoms with van der Waals surface area (Å²) >= 11 is -3.85. The Morgan fingerprint density at radius 3 is 1.12 bits per heavy atom. The molecule has 0 aromatic heterocycles. The Kier molecular flexibility index (Phi) is 8.73. The van der Waals surface area contributed by atoms with Crippen LogP contribution in [0.5, 0.6) is 0 Å². The fourth-order valence-corrected chi connectivity index (χ4v) is 7.00. The summed E-state index contributed by atoms with van der Waals surface area (Å²) in [6.45, 7) is 5.76. The molecule has 0 rings (SSSR count). The summed E-state index contributed by atoms with van der Waals surface area (Å²) in [5, 5.41) is 30.2. The Labute approximate surface area is 108 Å². The van der Waals surface area contributed by atoms with Crippen LogP contribution in [0.3, 0.4) is 0 Å². The third-order valence-electron chi connectivity index (χ3n) is 3.07. The molecule has 3 unspecified atom stereocenters. The van der Waals surface area contributed by atoms with Crippen molar-refractivity contribution in [1.82, 2.24) is 0 Å². The minimum absolute atomic E-state index is 0.449. The van der Waals surface area contributed by atoms with Gasteiger partial charge in [0, 0.05) is 0 Å². The molecule has 105 valence electrons. The van der Waals surface area contributed by atoms with Gasteiger partial charge >= 0.3 is 107 Å². The van der Waals surface area contributed by atoms with E-state index in [1.54, 1.807) is 0 Å². The van der Waals surface area contributed by atoms with Crippen molar-refractivity contribution in [3.8, 4) is 0 Å². The first-order chi connectivity index (χ1) is 7.94. The summed E-state index contributed by atoms with van der Waals surface area (Å²) in [5.74, 6) is 0. The first-order valence-electron chi connectivity index (χ1n) is 6.60. The van der Waals surface area contributed by atoms with Crippen LogP contribution >= 0.6 is 0 Å². The topological polar surface area (TPSA) is 80.9 Å². The summed E-state index contributed by atoms with van der Waals surface area (Å²) in [7, 11) is 0. The zero-order valence-electron chi connectivity index (χ0n) is 11.2. The molecule has 4 N–H and O–H groups in total. The van der Waals surface area contributed by atoms with Crippen LogP contribution in [0.15, 0.2) is 0 Å². The fraction of sp³-hybridized carbons (Fsp3) is 1.00. The SMILES string of the molecule is CCC[CH](O)[V]([OH])([CH](O)CCC)[CH](O)CCC. The molecule has 0 bridgehead atoms. The van der Waals surface area contributed by atoms with E-state index in [4.69, 9.17) is 0 Å². The van der Waals surface area contributed by atoms with Gasteiger partial charge in [-0.25, -0.2) is 0 Å². The van der Waals surface area contributed by atoms with Gasteiger partial charge in [0.15, 0.2) is 0 Å². The monoisotopic (exact) mass is 287 g/mol. The Bertz CT molecular complexity index is 170. The second-order valence-electron chi connectivity index (χ2n) is 4.60. The van der Waals surface area contributed by atoms with Gasteiger partial charge in [-0.15, -0.1) is 0 Å². The van der Waals surface area contributed by atoms with Gasteiger partial charge in [0.2, 0.25) is 0 Å². The number of rotatable bonds is 9. The molecule has 0 heterocycles. The van der Waals surface area contributed by atoms with Gasteiger partial charge in [0.1, 0.15) is 0 Å². The van der Waals surface area contributed by atoms with Gasteiger partial charge in [0.05, 0.1) is 0 Å². The van der Waals surface area contributed by atoms with E-state index in [-0.39, 0.29) is 0 Å². The maximum atomic E-state index is 10.6. The molecular weight excluding hydrogens is 259 g/mol.